The number of carbonyl (C=O) groups excluding carboxylic acids is 1. The van der Waals surface area contributed by atoms with Gasteiger partial charge in [0, 0.05) is 16.3 Å². The molecule has 0 aliphatic carbocycles. The molecule has 146 valence electrons. The molecule has 29 heavy (non-hydrogen) atoms. The third kappa shape index (κ3) is 4.09. The SMILES string of the molecule is CC(C)c1ccc2[nH]c(O)c(N=NC(=O)Cc3nc(-c4ccccc4)cs3)c2c1. The summed E-state index contributed by atoms with van der Waals surface area (Å²) in [7, 11) is 0. The number of fused-ring (bicyclic) bond motifs is 1. The maximum absolute atomic E-state index is 12.3. The number of aromatic amines is 1. The van der Waals surface area contributed by atoms with Crippen LogP contribution in [0.1, 0.15) is 30.3 Å². The highest BCUT2D eigenvalue weighted by molar-refractivity contribution is 7.10. The number of thiazole rings is 1. The number of H-pyrrole nitrogens is 1. The van der Waals surface area contributed by atoms with Crippen molar-refractivity contribution in [3.63, 3.8) is 0 Å². The quantitative estimate of drug-likeness (QED) is 0.401. The molecule has 2 aromatic heterocycles. The Labute approximate surface area is 172 Å². The summed E-state index contributed by atoms with van der Waals surface area (Å²) in [5, 5.41) is 21.3. The van der Waals surface area contributed by atoms with E-state index in [-0.39, 0.29) is 18.0 Å². The lowest BCUT2D eigenvalue weighted by Crippen LogP contribution is -1.97. The van der Waals surface area contributed by atoms with Gasteiger partial charge in [-0.1, -0.05) is 50.2 Å². The first-order valence-corrected chi connectivity index (χ1v) is 10.2. The maximum Gasteiger partial charge on any atom is 0.271 e. The average Bonchev–Trinajstić information content (AvgIpc) is 3.30. The van der Waals surface area contributed by atoms with Crippen molar-refractivity contribution < 1.29 is 9.90 Å². The number of carbonyl (C=O) groups is 1. The fraction of sp³-hybridized carbons (Fsp3) is 0.182. The minimum absolute atomic E-state index is 0.0708. The fourth-order valence-electron chi connectivity index (χ4n) is 3.05. The lowest BCUT2D eigenvalue weighted by Gasteiger charge is -2.04. The molecular formula is C22H20N4O2S. The molecule has 0 radical (unpaired) electrons. The van der Waals surface area contributed by atoms with Crippen molar-refractivity contribution >= 4 is 33.8 Å². The van der Waals surface area contributed by atoms with E-state index >= 15 is 0 Å². The number of hydrogen-bond acceptors (Lipinski definition) is 5. The maximum atomic E-state index is 12.3. The van der Waals surface area contributed by atoms with Crippen molar-refractivity contribution in [1.29, 1.82) is 0 Å². The van der Waals surface area contributed by atoms with E-state index in [2.05, 4.69) is 34.0 Å². The van der Waals surface area contributed by atoms with Gasteiger partial charge in [-0.25, -0.2) is 4.98 Å². The molecule has 2 aromatic carbocycles. The van der Waals surface area contributed by atoms with Crippen molar-refractivity contribution in [2.24, 2.45) is 10.2 Å². The van der Waals surface area contributed by atoms with Crippen LogP contribution in [0.3, 0.4) is 0 Å². The number of amides is 1. The van der Waals surface area contributed by atoms with Crippen LogP contribution in [0.15, 0.2) is 64.1 Å². The van der Waals surface area contributed by atoms with Crippen LogP contribution in [0.4, 0.5) is 5.69 Å². The molecule has 7 heteroatoms. The zero-order valence-corrected chi connectivity index (χ0v) is 16.9. The molecule has 0 atom stereocenters. The largest absolute Gasteiger partial charge is 0.493 e. The van der Waals surface area contributed by atoms with Crippen LogP contribution >= 0.6 is 11.3 Å². The van der Waals surface area contributed by atoms with Crippen molar-refractivity contribution in [2.75, 3.05) is 0 Å². The second-order valence-corrected chi connectivity index (χ2v) is 7.99. The average molecular weight is 404 g/mol. The van der Waals surface area contributed by atoms with Crippen LogP contribution in [0.25, 0.3) is 22.2 Å². The van der Waals surface area contributed by atoms with Gasteiger partial charge < -0.3 is 10.1 Å². The normalized spacial score (nSPS) is 11.7. The molecule has 1 amide bonds. The number of rotatable bonds is 5. The number of aromatic nitrogens is 2. The Bertz CT molecular complexity index is 1190. The van der Waals surface area contributed by atoms with E-state index in [0.29, 0.717) is 10.9 Å². The molecule has 0 aliphatic heterocycles. The topological polar surface area (TPSA) is 90.7 Å². The molecule has 0 saturated heterocycles. The summed E-state index contributed by atoms with van der Waals surface area (Å²) in [4.78, 5) is 19.7. The Morgan fingerprint density at radius 3 is 2.76 bits per heavy atom. The smallest absolute Gasteiger partial charge is 0.271 e. The summed E-state index contributed by atoms with van der Waals surface area (Å²) >= 11 is 1.42. The second kappa shape index (κ2) is 7.97. The molecule has 0 bridgehead atoms. The van der Waals surface area contributed by atoms with Gasteiger partial charge in [-0.2, -0.15) is 0 Å². The minimum atomic E-state index is -0.410. The van der Waals surface area contributed by atoms with E-state index in [1.54, 1.807) is 0 Å². The summed E-state index contributed by atoms with van der Waals surface area (Å²) in [5.41, 5.74) is 4.00. The van der Waals surface area contributed by atoms with E-state index in [0.717, 1.165) is 27.7 Å². The highest BCUT2D eigenvalue weighted by atomic mass is 32.1. The third-order valence-electron chi connectivity index (χ3n) is 4.63. The number of azo groups is 1. The van der Waals surface area contributed by atoms with Crippen molar-refractivity contribution in [3.05, 3.63) is 64.5 Å². The van der Waals surface area contributed by atoms with E-state index in [1.807, 2.05) is 53.9 Å². The molecule has 0 unspecified atom stereocenters. The Morgan fingerprint density at radius 1 is 1.21 bits per heavy atom. The molecule has 0 saturated carbocycles. The van der Waals surface area contributed by atoms with E-state index < -0.39 is 5.91 Å². The summed E-state index contributed by atoms with van der Waals surface area (Å²) in [6.07, 6.45) is 0.0708. The van der Waals surface area contributed by atoms with Gasteiger partial charge >= 0.3 is 0 Å². The molecule has 0 spiro atoms. The standard InChI is InChI=1S/C22H20N4O2S/c1-13(2)15-8-9-17-16(10-15)21(22(28)24-17)26-25-19(27)11-20-23-18(12-29-20)14-6-4-3-5-7-14/h3-10,12-13,24,28H,11H2,1-2H3. The van der Waals surface area contributed by atoms with Crippen LogP contribution in [0.5, 0.6) is 5.88 Å². The first kappa shape index (κ1) is 19.0. The number of nitrogens with zero attached hydrogens (tertiary/aromatic N) is 3. The summed E-state index contributed by atoms with van der Waals surface area (Å²) < 4.78 is 0. The first-order chi connectivity index (χ1) is 14.0. The fourth-order valence-corrected chi connectivity index (χ4v) is 3.84. The van der Waals surface area contributed by atoms with E-state index in [4.69, 9.17) is 0 Å². The summed E-state index contributed by atoms with van der Waals surface area (Å²) in [5.74, 6) is -0.169. The Balaban J connectivity index is 1.52. The zero-order valence-electron chi connectivity index (χ0n) is 16.1. The lowest BCUT2D eigenvalue weighted by molar-refractivity contribution is -0.117. The molecule has 0 aliphatic rings. The molecule has 0 fully saturated rings. The summed E-state index contributed by atoms with van der Waals surface area (Å²) in [6.45, 7) is 4.19. The number of benzene rings is 2. The van der Waals surface area contributed by atoms with Crippen LogP contribution in [0, 0.1) is 0 Å². The number of aromatic hydroxyl groups is 1. The molecule has 6 nitrogen and oxygen atoms in total. The van der Waals surface area contributed by atoms with Crippen molar-refractivity contribution in [2.45, 2.75) is 26.2 Å². The predicted octanol–water partition coefficient (Wildman–Crippen LogP) is 5.97. The van der Waals surface area contributed by atoms with Crippen LogP contribution in [0.2, 0.25) is 0 Å². The van der Waals surface area contributed by atoms with Gasteiger partial charge in [0.15, 0.2) is 5.69 Å². The predicted molar refractivity (Wildman–Crippen MR) is 115 cm³/mol. The molecule has 4 rings (SSSR count). The van der Waals surface area contributed by atoms with Gasteiger partial charge in [-0.3, -0.25) is 4.79 Å². The first-order valence-electron chi connectivity index (χ1n) is 9.30. The highest BCUT2D eigenvalue weighted by Crippen LogP contribution is 2.37. The van der Waals surface area contributed by atoms with E-state index in [9.17, 15) is 9.90 Å². The minimum Gasteiger partial charge on any atom is -0.493 e. The van der Waals surface area contributed by atoms with Gasteiger partial charge in [0.25, 0.3) is 5.91 Å². The van der Waals surface area contributed by atoms with Gasteiger partial charge in [-0.15, -0.1) is 21.6 Å². The Kier molecular flexibility index (Phi) is 5.22. The van der Waals surface area contributed by atoms with E-state index in [1.165, 1.54) is 11.3 Å². The summed E-state index contributed by atoms with van der Waals surface area (Å²) in [6, 6.07) is 15.7. The number of hydrogen-bond donors (Lipinski definition) is 2. The number of nitrogens with one attached hydrogen (secondary N) is 1. The van der Waals surface area contributed by atoms with Gasteiger partial charge in [0.2, 0.25) is 5.88 Å². The molecule has 2 N–H and O–H groups in total. The second-order valence-electron chi connectivity index (χ2n) is 7.04. The van der Waals surface area contributed by atoms with Crippen LogP contribution in [-0.2, 0) is 11.2 Å². The van der Waals surface area contributed by atoms with Crippen LogP contribution in [-0.4, -0.2) is 21.0 Å². The zero-order chi connectivity index (χ0) is 20.4. The van der Waals surface area contributed by atoms with Crippen molar-refractivity contribution in [1.82, 2.24) is 9.97 Å². The molecule has 2 heterocycles. The van der Waals surface area contributed by atoms with Gasteiger partial charge in [0.05, 0.1) is 17.6 Å². The van der Waals surface area contributed by atoms with Crippen molar-refractivity contribution in [3.8, 4) is 17.1 Å². The monoisotopic (exact) mass is 404 g/mol. The highest BCUT2D eigenvalue weighted by Gasteiger charge is 2.14. The van der Waals surface area contributed by atoms with Crippen LogP contribution < -0.4 is 0 Å². The van der Waals surface area contributed by atoms with Gasteiger partial charge in [0.1, 0.15) is 5.01 Å². The third-order valence-corrected chi connectivity index (χ3v) is 5.48. The lowest BCUT2D eigenvalue weighted by atomic mass is 10.0. The van der Waals surface area contributed by atoms with Gasteiger partial charge in [-0.05, 0) is 23.6 Å². The Morgan fingerprint density at radius 2 is 2.00 bits per heavy atom. The Hall–Kier alpha value is -3.32. The molecular weight excluding hydrogens is 384 g/mol. The molecule has 4 aromatic rings.